The third kappa shape index (κ3) is 6.19. The molecule has 0 aliphatic heterocycles. The number of aryl methyl sites for hydroxylation is 2. The van der Waals surface area contributed by atoms with Gasteiger partial charge in [-0.15, -0.1) is 0 Å². The van der Waals surface area contributed by atoms with Crippen LogP contribution >= 0.6 is 0 Å². The fourth-order valence-corrected chi connectivity index (χ4v) is 5.74. The van der Waals surface area contributed by atoms with Gasteiger partial charge in [-0.1, -0.05) is 68.7 Å². The molecule has 0 atom stereocenters. The summed E-state index contributed by atoms with van der Waals surface area (Å²) in [7, 11) is 0. The predicted octanol–water partition coefficient (Wildman–Crippen LogP) is 6.57. The fourth-order valence-electron chi connectivity index (χ4n) is 5.74. The van der Waals surface area contributed by atoms with Crippen LogP contribution in [-0.2, 0) is 17.8 Å². The highest BCUT2D eigenvalue weighted by atomic mass is 16.4. The number of aromatic carboxylic acids is 1. The van der Waals surface area contributed by atoms with Crippen molar-refractivity contribution in [1.82, 2.24) is 14.9 Å². The molecule has 208 valence electrons. The maximum absolute atomic E-state index is 12.6. The molecule has 4 aromatic rings. The summed E-state index contributed by atoms with van der Waals surface area (Å²) in [6, 6.07) is 19.6. The molecule has 3 aromatic carbocycles. The second-order valence-corrected chi connectivity index (χ2v) is 10.8. The summed E-state index contributed by atoms with van der Waals surface area (Å²) in [5.74, 6) is 0.141. The molecule has 1 saturated carbocycles. The summed E-state index contributed by atoms with van der Waals surface area (Å²) < 4.78 is 2.26. The summed E-state index contributed by atoms with van der Waals surface area (Å²) in [4.78, 5) is 29.3. The molecule has 1 aromatic heterocycles. The van der Waals surface area contributed by atoms with E-state index in [1.54, 1.807) is 12.1 Å². The monoisotopic (exact) mass is 538 g/mol. The molecule has 0 radical (unpaired) electrons. The molecule has 1 heterocycles. The van der Waals surface area contributed by atoms with Gasteiger partial charge >= 0.3 is 5.97 Å². The Balaban J connectivity index is 1.37. The fraction of sp³-hybridized carbons (Fsp3) is 0.364. The third-order valence-electron chi connectivity index (χ3n) is 7.78. The minimum Gasteiger partial charge on any atom is -0.478 e. The van der Waals surface area contributed by atoms with Gasteiger partial charge in [0.05, 0.1) is 23.1 Å². The van der Waals surface area contributed by atoms with E-state index in [9.17, 15) is 14.7 Å². The molecule has 3 N–H and O–H groups in total. The number of aromatic nitrogens is 2. The van der Waals surface area contributed by atoms with Crippen molar-refractivity contribution in [2.75, 3.05) is 11.9 Å². The minimum absolute atomic E-state index is 0.0365. The first-order valence-corrected chi connectivity index (χ1v) is 14.4. The van der Waals surface area contributed by atoms with E-state index in [0.717, 1.165) is 64.9 Å². The number of imidazole rings is 1. The van der Waals surface area contributed by atoms with Gasteiger partial charge in [-0.05, 0) is 66.6 Å². The zero-order valence-electron chi connectivity index (χ0n) is 23.4. The average Bonchev–Trinajstić information content (AvgIpc) is 3.30. The maximum atomic E-state index is 12.6. The van der Waals surface area contributed by atoms with Crippen molar-refractivity contribution in [2.45, 2.75) is 71.4 Å². The van der Waals surface area contributed by atoms with Crippen LogP contribution in [0.5, 0.6) is 0 Å². The Hall–Kier alpha value is -4.13. The number of carboxylic acids is 1. The first-order valence-electron chi connectivity index (χ1n) is 14.4. The summed E-state index contributed by atoms with van der Waals surface area (Å²) in [6.45, 7) is 5.12. The van der Waals surface area contributed by atoms with Gasteiger partial charge in [-0.3, -0.25) is 4.79 Å². The Morgan fingerprint density at radius 3 is 2.50 bits per heavy atom. The Labute approximate surface area is 235 Å². The topological polar surface area (TPSA) is 96.3 Å². The molecule has 0 unspecified atom stereocenters. The number of benzene rings is 3. The number of rotatable bonds is 10. The van der Waals surface area contributed by atoms with Crippen LogP contribution < -0.4 is 10.6 Å². The minimum atomic E-state index is -0.931. The number of anilines is 1. The molecular formula is C33H38N4O3. The highest BCUT2D eigenvalue weighted by molar-refractivity contribution is 5.96. The maximum Gasteiger partial charge on any atom is 0.336 e. The zero-order chi connectivity index (χ0) is 28.1. The molecule has 0 bridgehead atoms. The van der Waals surface area contributed by atoms with Crippen molar-refractivity contribution < 1.29 is 14.7 Å². The number of nitrogens with one attached hydrogen (secondary N) is 2. The molecule has 1 fully saturated rings. The van der Waals surface area contributed by atoms with Crippen molar-refractivity contribution in [3.05, 3.63) is 83.2 Å². The zero-order valence-corrected chi connectivity index (χ0v) is 23.4. The summed E-state index contributed by atoms with van der Waals surface area (Å²) in [6.07, 6.45) is 7.64. The second-order valence-electron chi connectivity index (χ2n) is 10.8. The van der Waals surface area contributed by atoms with E-state index < -0.39 is 5.97 Å². The highest BCUT2D eigenvalue weighted by Gasteiger charge is 2.17. The van der Waals surface area contributed by atoms with Gasteiger partial charge in [0.25, 0.3) is 0 Å². The lowest BCUT2D eigenvalue weighted by molar-refractivity contribution is -0.120. The summed E-state index contributed by atoms with van der Waals surface area (Å²) in [5.41, 5.74) is 6.99. The van der Waals surface area contributed by atoms with Crippen LogP contribution in [0.4, 0.5) is 5.69 Å². The van der Waals surface area contributed by atoms with E-state index in [1.165, 1.54) is 19.3 Å². The Morgan fingerprint density at radius 1 is 1.02 bits per heavy atom. The Kier molecular flexibility index (Phi) is 8.48. The third-order valence-corrected chi connectivity index (χ3v) is 7.78. The standard InChI is InChI=1S/C33H38N4O3/c1-3-9-30-36-32-22(2)18-26(34-20-31(38)35-25-10-5-4-6-11-25)19-29(32)37(30)21-23-14-16-24(17-15-23)27-12-7-8-13-28(27)33(39)40/h7-8,12-19,25,34H,3-6,9-11,20-21H2,1-2H3,(H,35,38)(H,39,40). The quantitative estimate of drug-likeness (QED) is 0.212. The van der Waals surface area contributed by atoms with E-state index in [1.807, 2.05) is 24.3 Å². The van der Waals surface area contributed by atoms with Crippen LogP contribution in [-0.4, -0.2) is 39.1 Å². The van der Waals surface area contributed by atoms with Crippen LogP contribution in [0, 0.1) is 6.92 Å². The van der Waals surface area contributed by atoms with Crippen LogP contribution in [0.3, 0.4) is 0 Å². The number of hydrogen-bond donors (Lipinski definition) is 3. The SMILES string of the molecule is CCCc1nc2c(C)cc(NCC(=O)NC3CCCCC3)cc2n1Cc1ccc(-c2ccccc2C(=O)O)cc1. The number of nitrogens with zero attached hydrogens (tertiary/aromatic N) is 2. The van der Waals surface area contributed by atoms with Crippen molar-refractivity contribution in [3.8, 4) is 11.1 Å². The molecule has 40 heavy (non-hydrogen) atoms. The number of hydrogen-bond acceptors (Lipinski definition) is 4. The van der Waals surface area contributed by atoms with Crippen LogP contribution in [0.25, 0.3) is 22.2 Å². The van der Waals surface area contributed by atoms with Crippen LogP contribution in [0.2, 0.25) is 0 Å². The first kappa shape index (κ1) is 27.4. The molecule has 1 aliphatic rings. The Morgan fingerprint density at radius 2 is 1.77 bits per heavy atom. The van der Waals surface area contributed by atoms with Gasteiger partial charge in [-0.25, -0.2) is 9.78 Å². The number of carbonyl (C=O) groups is 2. The van der Waals surface area contributed by atoms with Crippen molar-refractivity contribution in [2.24, 2.45) is 0 Å². The van der Waals surface area contributed by atoms with Gasteiger partial charge in [0.2, 0.25) is 5.91 Å². The Bertz CT molecular complexity index is 1500. The van der Waals surface area contributed by atoms with Gasteiger partial charge in [0.15, 0.2) is 0 Å². The van der Waals surface area contributed by atoms with Crippen LogP contribution in [0.15, 0.2) is 60.7 Å². The number of fused-ring (bicyclic) bond motifs is 1. The van der Waals surface area contributed by atoms with E-state index in [2.05, 4.69) is 53.3 Å². The molecule has 1 aliphatic carbocycles. The summed E-state index contributed by atoms with van der Waals surface area (Å²) in [5, 5.41) is 16.1. The lowest BCUT2D eigenvalue weighted by atomic mass is 9.95. The van der Waals surface area contributed by atoms with E-state index >= 15 is 0 Å². The first-order chi connectivity index (χ1) is 19.4. The van der Waals surface area contributed by atoms with Crippen molar-refractivity contribution in [3.63, 3.8) is 0 Å². The average molecular weight is 539 g/mol. The smallest absolute Gasteiger partial charge is 0.336 e. The second kappa shape index (κ2) is 12.4. The van der Waals surface area contributed by atoms with Crippen molar-refractivity contribution in [1.29, 1.82) is 0 Å². The lowest BCUT2D eigenvalue weighted by Gasteiger charge is -2.23. The van der Waals surface area contributed by atoms with E-state index in [-0.39, 0.29) is 12.5 Å². The molecular weight excluding hydrogens is 500 g/mol. The van der Waals surface area contributed by atoms with E-state index in [4.69, 9.17) is 4.98 Å². The molecule has 5 rings (SSSR count). The normalized spacial score (nSPS) is 13.8. The molecule has 1 amide bonds. The number of amides is 1. The lowest BCUT2D eigenvalue weighted by Crippen LogP contribution is -2.39. The van der Waals surface area contributed by atoms with Gasteiger partial charge in [0, 0.05) is 24.7 Å². The van der Waals surface area contributed by atoms with Gasteiger partial charge in [0.1, 0.15) is 5.82 Å². The van der Waals surface area contributed by atoms with Crippen molar-refractivity contribution >= 4 is 28.6 Å². The van der Waals surface area contributed by atoms with Gasteiger partial charge in [-0.2, -0.15) is 0 Å². The number of carboxylic acid groups (broad SMARTS) is 1. The molecule has 7 heteroatoms. The molecule has 0 saturated heterocycles. The van der Waals surface area contributed by atoms with Crippen LogP contribution in [0.1, 0.15) is 72.8 Å². The molecule has 7 nitrogen and oxygen atoms in total. The van der Waals surface area contributed by atoms with E-state index in [0.29, 0.717) is 23.7 Å². The summed E-state index contributed by atoms with van der Waals surface area (Å²) >= 11 is 0. The predicted molar refractivity (Wildman–Crippen MR) is 160 cm³/mol. The highest BCUT2D eigenvalue weighted by Crippen LogP contribution is 2.28. The molecule has 0 spiro atoms. The van der Waals surface area contributed by atoms with Gasteiger partial charge < -0.3 is 20.3 Å². The largest absolute Gasteiger partial charge is 0.478 e. The number of carbonyl (C=O) groups excluding carboxylic acids is 1.